The van der Waals surface area contributed by atoms with Gasteiger partial charge in [0.05, 0.1) is 7.11 Å². The number of rotatable bonds is 5. The third-order valence-electron chi connectivity index (χ3n) is 2.48. The van der Waals surface area contributed by atoms with Gasteiger partial charge >= 0.3 is 11.9 Å². The van der Waals surface area contributed by atoms with Crippen molar-refractivity contribution in [2.24, 2.45) is 0 Å². The van der Waals surface area contributed by atoms with E-state index in [1.165, 1.54) is 21.0 Å². The fourth-order valence-corrected chi connectivity index (χ4v) is 1.71. The number of hydrogen-bond donors (Lipinski definition) is 0. The Morgan fingerprint density at radius 1 is 1.10 bits per heavy atom. The quantitative estimate of drug-likeness (QED) is 0.473. The lowest BCUT2D eigenvalue weighted by Gasteiger charge is -2.19. The van der Waals surface area contributed by atoms with Crippen molar-refractivity contribution in [3.63, 3.8) is 0 Å². The summed E-state index contributed by atoms with van der Waals surface area (Å²) in [6.07, 6.45) is -0.562. The first-order valence-corrected chi connectivity index (χ1v) is 6.04. The van der Waals surface area contributed by atoms with Crippen LogP contribution in [0.5, 0.6) is 11.5 Å². The normalized spacial score (nSPS) is 10.9. The zero-order chi connectivity index (χ0) is 15.3. The molecule has 1 atom stereocenters. The second-order valence-corrected chi connectivity index (χ2v) is 4.34. The molecule has 0 heterocycles. The van der Waals surface area contributed by atoms with E-state index in [9.17, 15) is 9.59 Å². The highest BCUT2D eigenvalue weighted by molar-refractivity contribution is 5.70. The zero-order valence-corrected chi connectivity index (χ0v) is 12.1. The molecule has 0 aliphatic rings. The molecule has 0 spiro atoms. The van der Waals surface area contributed by atoms with Crippen LogP contribution in [-0.2, 0) is 14.3 Å². The average molecular weight is 294 g/mol. The fraction of sp³-hybridized carbons (Fsp3) is 0.375. The summed E-state index contributed by atoms with van der Waals surface area (Å²) < 4.78 is 15.4. The molecule has 0 aliphatic carbocycles. The standard InChI is InChI=1S/C15H18O5.CH4/c1-9(2)15(20-11(4)17)12-6-7-13(19-10(3)16)14(8-12)18-5;/h6-8,15H,1H2,2-5H3;1H4. The van der Waals surface area contributed by atoms with Crippen LogP contribution in [0.2, 0.25) is 0 Å². The van der Waals surface area contributed by atoms with E-state index in [0.29, 0.717) is 22.6 Å². The van der Waals surface area contributed by atoms with Crippen molar-refractivity contribution in [2.75, 3.05) is 7.11 Å². The molecule has 0 bridgehead atoms. The van der Waals surface area contributed by atoms with E-state index in [1.54, 1.807) is 25.1 Å². The van der Waals surface area contributed by atoms with E-state index in [-0.39, 0.29) is 7.43 Å². The van der Waals surface area contributed by atoms with Crippen LogP contribution in [0.15, 0.2) is 30.4 Å². The van der Waals surface area contributed by atoms with Crippen LogP contribution in [0.4, 0.5) is 0 Å². The first-order chi connectivity index (χ1) is 9.35. The predicted octanol–water partition coefficient (Wildman–Crippen LogP) is 3.44. The second-order valence-electron chi connectivity index (χ2n) is 4.34. The van der Waals surface area contributed by atoms with Crippen molar-refractivity contribution in [3.05, 3.63) is 35.9 Å². The Hall–Kier alpha value is -2.30. The highest BCUT2D eigenvalue weighted by Gasteiger charge is 2.18. The molecule has 1 unspecified atom stereocenters. The monoisotopic (exact) mass is 294 g/mol. The Bertz CT molecular complexity index is 533. The van der Waals surface area contributed by atoms with Gasteiger partial charge in [-0.1, -0.05) is 20.1 Å². The van der Waals surface area contributed by atoms with Gasteiger partial charge in [-0.05, 0) is 24.6 Å². The number of hydrogen-bond acceptors (Lipinski definition) is 5. The molecule has 21 heavy (non-hydrogen) atoms. The minimum Gasteiger partial charge on any atom is -0.493 e. The minimum absolute atomic E-state index is 0. The van der Waals surface area contributed by atoms with Crippen molar-refractivity contribution in [2.45, 2.75) is 34.3 Å². The maximum Gasteiger partial charge on any atom is 0.308 e. The van der Waals surface area contributed by atoms with Crippen LogP contribution in [0, 0.1) is 0 Å². The Balaban J connectivity index is 0.00000400. The third kappa shape index (κ3) is 5.30. The first-order valence-electron chi connectivity index (χ1n) is 6.04. The van der Waals surface area contributed by atoms with Crippen molar-refractivity contribution < 1.29 is 23.8 Å². The molecule has 0 saturated heterocycles. The summed E-state index contributed by atoms with van der Waals surface area (Å²) in [7, 11) is 1.47. The topological polar surface area (TPSA) is 61.8 Å². The molecule has 1 aromatic carbocycles. The van der Waals surface area contributed by atoms with Gasteiger partial charge in [0.1, 0.15) is 6.10 Å². The van der Waals surface area contributed by atoms with Crippen LogP contribution < -0.4 is 9.47 Å². The van der Waals surface area contributed by atoms with Gasteiger partial charge in [0.2, 0.25) is 0 Å². The highest BCUT2D eigenvalue weighted by Crippen LogP contribution is 2.33. The number of methoxy groups -OCH3 is 1. The zero-order valence-electron chi connectivity index (χ0n) is 12.1. The highest BCUT2D eigenvalue weighted by atomic mass is 16.6. The second kappa shape index (κ2) is 8.09. The average Bonchev–Trinajstić information content (AvgIpc) is 2.35. The van der Waals surface area contributed by atoms with Gasteiger partial charge in [-0.3, -0.25) is 9.59 Å². The van der Waals surface area contributed by atoms with Gasteiger partial charge in [-0.25, -0.2) is 0 Å². The van der Waals surface area contributed by atoms with Crippen molar-refractivity contribution in [1.82, 2.24) is 0 Å². The van der Waals surface area contributed by atoms with E-state index >= 15 is 0 Å². The number of esters is 2. The number of benzene rings is 1. The van der Waals surface area contributed by atoms with Crippen LogP contribution in [0.3, 0.4) is 0 Å². The van der Waals surface area contributed by atoms with Crippen LogP contribution in [-0.4, -0.2) is 19.0 Å². The largest absolute Gasteiger partial charge is 0.493 e. The first kappa shape index (κ1) is 18.7. The van der Waals surface area contributed by atoms with E-state index < -0.39 is 18.0 Å². The maximum atomic E-state index is 11.1. The van der Waals surface area contributed by atoms with Crippen molar-refractivity contribution in [1.29, 1.82) is 0 Å². The molecule has 1 rings (SSSR count). The molecule has 5 heteroatoms. The molecule has 0 radical (unpaired) electrons. The maximum absolute atomic E-state index is 11.1. The van der Waals surface area contributed by atoms with Gasteiger partial charge in [0, 0.05) is 19.4 Å². The predicted molar refractivity (Wildman–Crippen MR) is 80.4 cm³/mol. The number of carbonyl (C=O) groups excluding carboxylic acids is 2. The molecule has 0 N–H and O–H groups in total. The Kier molecular flexibility index (Phi) is 7.21. The van der Waals surface area contributed by atoms with Gasteiger partial charge in [0.15, 0.2) is 11.5 Å². The molecule has 0 aliphatic heterocycles. The van der Waals surface area contributed by atoms with Crippen molar-refractivity contribution in [3.8, 4) is 11.5 Å². The lowest BCUT2D eigenvalue weighted by atomic mass is 10.0. The Labute approximate surface area is 125 Å². The number of ether oxygens (including phenoxy) is 3. The molecule has 1 aromatic rings. The van der Waals surface area contributed by atoms with Crippen molar-refractivity contribution >= 4 is 11.9 Å². The summed E-state index contributed by atoms with van der Waals surface area (Å²) in [5.41, 5.74) is 1.38. The molecular formula is C16H22O5. The summed E-state index contributed by atoms with van der Waals surface area (Å²) in [5.74, 6) is -0.142. The lowest BCUT2D eigenvalue weighted by Crippen LogP contribution is -2.10. The Morgan fingerprint density at radius 2 is 1.71 bits per heavy atom. The van der Waals surface area contributed by atoms with Gasteiger partial charge in [0.25, 0.3) is 0 Å². The van der Waals surface area contributed by atoms with Gasteiger partial charge in [-0.15, -0.1) is 0 Å². The Morgan fingerprint density at radius 3 is 2.14 bits per heavy atom. The summed E-state index contributed by atoms with van der Waals surface area (Å²) >= 11 is 0. The molecule has 116 valence electrons. The van der Waals surface area contributed by atoms with E-state index in [0.717, 1.165) is 0 Å². The SMILES string of the molecule is C.C=C(C)C(OC(C)=O)c1ccc(OC(C)=O)c(OC)c1. The molecule has 0 aromatic heterocycles. The minimum atomic E-state index is -0.562. The fourth-order valence-electron chi connectivity index (χ4n) is 1.71. The van der Waals surface area contributed by atoms with Gasteiger partial charge in [-0.2, -0.15) is 0 Å². The third-order valence-corrected chi connectivity index (χ3v) is 2.48. The molecule has 0 saturated carbocycles. The number of carbonyl (C=O) groups is 2. The van der Waals surface area contributed by atoms with E-state index in [1.807, 2.05) is 0 Å². The van der Waals surface area contributed by atoms with Crippen LogP contribution in [0.25, 0.3) is 0 Å². The molecule has 0 amide bonds. The summed E-state index contributed by atoms with van der Waals surface area (Å²) in [5, 5.41) is 0. The molecule has 0 fully saturated rings. The summed E-state index contributed by atoms with van der Waals surface area (Å²) in [6.45, 7) is 8.21. The van der Waals surface area contributed by atoms with Crippen LogP contribution >= 0.6 is 0 Å². The lowest BCUT2D eigenvalue weighted by molar-refractivity contribution is -0.145. The van der Waals surface area contributed by atoms with Gasteiger partial charge < -0.3 is 14.2 Å². The smallest absolute Gasteiger partial charge is 0.308 e. The van der Waals surface area contributed by atoms with E-state index in [2.05, 4.69) is 6.58 Å². The molecular weight excluding hydrogens is 272 g/mol. The summed E-state index contributed by atoms with van der Waals surface area (Å²) in [4.78, 5) is 22.1. The summed E-state index contributed by atoms with van der Waals surface area (Å²) in [6, 6.07) is 4.94. The molecule has 5 nitrogen and oxygen atoms in total. The van der Waals surface area contributed by atoms with E-state index in [4.69, 9.17) is 14.2 Å². The van der Waals surface area contributed by atoms with Crippen LogP contribution in [0.1, 0.15) is 39.9 Å².